The molecule has 7 nitrogen and oxygen atoms in total. The van der Waals surface area contributed by atoms with Gasteiger partial charge in [0.15, 0.2) is 5.96 Å². The fourth-order valence-electron chi connectivity index (χ4n) is 3.80. The summed E-state index contributed by atoms with van der Waals surface area (Å²) in [4.78, 5) is 25.3. The van der Waals surface area contributed by atoms with Crippen LogP contribution >= 0.6 is 0 Å². The molecular formula is C19H29N5O2. The number of aromatic nitrogens is 1. The van der Waals surface area contributed by atoms with E-state index in [0.717, 1.165) is 31.4 Å². The molecule has 1 aromatic rings. The number of anilines is 1. The summed E-state index contributed by atoms with van der Waals surface area (Å²) < 4.78 is 4.92. The van der Waals surface area contributed by atoms with E-state index in [2.05, 4.69) is 38.1 Å². The molecule has 2 aliphatic heterocycles. The molecule has 0 radical (unpaired) electrons. The summed E-state index contributed by atoms with van der Waals surface area (Å²) in [5.74, 6) is 1.89. The van der Waals surface area contributed by atoms with Gasteiger partial charge >= 0.3 is 5.97 Å². The number of nitrogens with one attached hydrogen (secondary N) is 1. The van der Waals surface area contributed by atoms with Crippen molar-refractivity contribution in [3.05, 3.63) is 23.9 Å². The van der Waals surface area contributed by atoms with Gasteiger partial charge < -0.3 is 19.9 Å². The first kappa shape index (κ1) is 18.5. The van der Waals surface area contributed by atoms with Crippen molar-refractivity contribution < 1.29 is 9.53 Å². The van der Waals surface area contributed by atoms with Crippen molar-refractivity contribution >= 4 is 17.7 Å². The average Bonchev–Trinajstić information content (AvgIpc) is 3.32. The maximum Gasteiger partial charge on any atom is 0.310 e. The van der Waals surface area contributed by atoms with Crippen LogP contribution in [0.15, 0.2) is 23.3 Å². The van der Waals surface area contributed by atoms with E-state index in [0.29, 0.717) is 13.1 Å². The Bertz CT molecular complexity index is 657. The third kappa shape index (κ3) is 4.08. The number of nitrogens with zero attached hydrogens (tertiary/aromatic N) is 4. The van der Waals surface area contributed by atoms with Crippen LogP contribution in [0.4, 0.5) is 5.82 Å². The van der Waals surface area contributed by atoms with Crippen LogP contribution in [-0.4, -0.2) is 62.1 Å². The second-order valence-corrected chi connectivity index (χ2v) is 7.13. The number of hydrogen-bond acceptors (Lipinski definition) is 5. The smallest absolute Gasteiger partial charge is 0.310 e. The normalized spacial score (nSPS) is 23.4. The predicted octanol–water partition coefficient (Wildman–Crippen LogP) is 1.50. The van der Waals surface area contributed by atoms with E-state index in [-0.39, 0.29) is 17.8 Å². The molecule has 2 fully saturated rings. The number of rotatable bonds is 4. The SMILES string of the molecule is CN=C(NCc1ccnc(N2CCCC2)c1)N1CC(C)C(C(=O)OC)C1. The second-order valence-electron chi connectivity index (χ2n) is 7.13. The summed E-state index contributed by atoms with van der Waals surface area (Å²) in [6.07, 6.45) is 4.36. The molecule has 1 aromatic heterocycles. The summed E-state index contributed by atoms with van der Waals surface area (Å²) in [6.45, 7) is 6.39. The van der Waals surface area contributed by atoms with Gasteiger partial charge in [0, 0.05) is 46.0 Å². The first-order valence-corrected chi connectivity index (χ1v) is 9.35. The summed E-state index contributed by atoms with van der Waals surface area (Å²) in [5.41, 5.74) is 1.18. The van der Waals surface area contributed by atoms with Gasteiger partial charge in [-0.25, -0.2) is 4.98 Å². The van der Waals surface area contributed by atoms with Crippen LogP contribution in [0.3, 0.4) is 0 Å². The molecule has 0 aromatic carbocycles. The van der Waals surface area contributed by atoms with E-state index < -0.39 is 0 Å². The standard InChI is InChI=1S/C19H29N5O2/c1-14-12-24(13-16(14)18(25)26-3)19(20-2)22-11-15-6-7-21-17(10-15)23-8-4-5-9-23/h6-7,10,14,16H,4-5,8-9,11-13H2,1-3H3,(H,20,22). The molecule has 0 saturated carbocycles. The molecule has 2 atom stereocenters. The topological polar surface area (TPSA) is 70.1 Å². The van der Waals surface area contributed by atoms with E-state index in [1.807, 2.05) is 12.3 Å². The Morgan fingerprint density at radius 2 is 2.15 bits per heavy atom. The lowest BCUT2D eigenvalue weighted by Crippen LogP contribution is -2.40. The highest BCUT2D eigenvalue weighted by atomic mass is 16.5. The molecule has 26 heavy (non-hydrogen) atoms. The number of pyridine rings is 1. The van der Waals surface area contributed by atoms with Crippen LogP contribution in [-0.2, 0) is 16.1 Å². The molecule has 142 valence electrons. The zero-order chi connectivity index (χ0) is 18.5. The fraction of sp³-hybridized carbons (Fsp3) is 0.632. The summed E-state index contributed by atoms with van der Waals surface area (Å²) in [7, 11) is 3.23. The molecular weight excluding hydrogens is 330 g/mol. The van der Waals surface area contributed by atoms with Crippen molar-refractivity contribution in [1.29, 1.82) is 0 Å². The number of carbonyl (C=O) groups excluding carboxylic acids is 1. The van der Waals surface area contributed by atoms with Crippen molar-refractivity contribution in [2.24, 2.45) is 16.8 Å². The van der Waals surface area contributed by atoms with Crippen molar-refractivity contribution in [3.8, 4) is 0 Å². The number of esters is 1. The molecule has 2 unspecified atom stereocenters. The highest BCUT2D eigenvalue weighted by Gasteiger charge is 2.36. The summed E-state index contributed by atoms with van der Waals surface area (Å²) in [6, 6.07) is 4.18. The maximum atomic E-state index is 11.9. The lowest BCUT2D eigenvalue weighted by Gasteiger charge is -2.22. The Balaban J connectivity index is 1.60. The Hall–Kier alpha value is -2.31. The number of carbonyl (C=O) groups is 1. The largest absolute Gasteiger partial charge is 0.469 e. The zero-order valence-corrected chi connectivity index (χ0v) is 15.9. The Kier molecular flexibility index (Phi) is 5.96. The predicted molar refractivity (Wildman–Crippen MR) is 102 cm³/mol. The minimum Gasteiger partial charge on any atom is -0.469 e. The van der Waals surface area contributed by atoms with Crippen LogP contribution in [0.25, 0.3) is 0 Å². The van der Waals surface area contributed by atoms with Crippen molar-refractivity contribution in [3.63, 3.8) is 0 Å². The van der Waals surface area contributed by atoms with Gasteiger partial charge in [-0.05, 0) is 36.5 Å². The monoisotopic (exact) mass is 359 g/mol. The molecule has 7 heteroatoms. The Labute approximate surface area is 155 Å². The van der Waals surface area contributed by atoms with E-state index in [1.165, 1.54) is 25.5 Å². The fourth-order valence-corrected chi connectivity index (χ4v) is 3.80. The van der Waals surface area contributed by atoms with Gasteiger partial charge in [0.1, 0.15) is 5.82 Å². The quantitative estimate of drug-likeness (QED) is 0.499. The highest BCUT2D eigenvalue weighted by Crippen LogP contribution is 2.24. The first-order chi connectivity index (χ1) is 12.6. The zero-order valence-electron chi connectivity index (χ0n) is 15.9. The molecule has 3 rings (SSSR count). The second kappa shape index (κ2) is 8.38. The molecule has 0 aliphatic carbocycles. The highest BCUT2D eigenvalue weighted by molar-refractivity contribution is 5.82. The van der Waals surface area contributed by atoms with Crippen LogP contribution in [0.2, 0.25) is 0 Å². The number of likely N-dealkylation sites (tertiary alicyclic amines) is 1. The number of guanidine groups is 1. The molecule has 3 heterocycles. The van der Waals surface area contributed by atoms with Crippen molar-refractivity contribution in [2.45, 2.75) is 26.3 Å². The number of methoxy groups -OCH3 is 1. The third-order valence-corrected chi connectivity index (χ3v) is 5.32. The van der Waals surface area contributed by atoms with Crippen LogP contribution in [0, 0.1) is 11.8 Å². The molecule has 2 saturated heterocycles. The Morgan fingerprint density at radius 1 is 1.38 bits per heavy atom. The van der Waals surface area contributed by atoms with Crippen LogP contribution in [0.5, 0.6) is 0 Å². The lowest BCUT2D eigenvalue weighted by atomic mass is 9.99. The average molecular weight is 359 g/mol. The number of aliphatic imine (C=N–C) groups is 1. The van der Waals surface area contributed by atoms with Gasteiger partial charge in [-0.3, -0.25) is 9.79 Å². The molecule has 0 amide bonds. The van der Waals surface area contributed by atoms with Gasteiger partial charge in [0.25, 0.3) is 0 Å². The number of ether oxygens (including phenoxy) is 1. The van der Waals surface area contributed by atoms with Crippen molar-refractivity contribution in [2.75, 3.05) is 45.2 Å². The van der Waals surface area contributed by atoms with E-state index in [4.69, 9.17) is 4.74 Å². The van der Waals surface area contributed by atoms with E-state index in [1.54, 1.807) is 7.05 Å². The minimum absolute atomic E-state index is 0.0961. The van der Waals surface area contributed by atoms with Crippen LogP contribution < -0.4 is 10.2 Å². The van der Waals surface area contributed by atoms with Crippen LogP contribution in [0.1, 0.15) is 25.3 Å². The van der Waals surface area contributed by atoms with Gasteiger partial charge in [0.05, 0.1) is 13.0 Å². The van der Waals surface area contributed by atoms with E-state index >= 15 is 0 Å². The summed E-state index contributed by atoms with van der Waals surface area (Å²) in [5, 5.41) is 3.42. The van der Waals surface area contributed by atoms with Gasteiger partial charge in [-0.1, -0.05) is 6.92 Å². The molecule has 0 spiro atoms. The maximum absolute atomic E-state index is 11.9. The molecule has 0 bridgehead atoms. The third-order valence-electron chi connectivity index (χ3n) is 5.32. The summed E-state index contributed by atoms with van der Waals surface area (Å²) >= 11 is 0. The number of hydrogen-bond donors (Lipinski definition) is 1. The lowest BCUT2D eigenvalue weighted by molar-refractivity contribution is -0.145. The van der Waals surface area contributed by atoms with E-state index in [9.17, 15) is 4.79 Å². The molecule has 2 aliphatic rings. The van der Waals surface area contributed by atoms with Gasteiger partial charge in [-0.2, -0.15) is 0 Å². The molecule has 1 N–H and O–H groups in total. The van der Waals surface area contributed by atoms with Crippen molar-refractivity contribution in [1.82, 2.24) is 15.2 Å². The van der Waals surface area contributed by atoms with Gasteiger partial charge in [-0.15, -0.1) is 0 Å². The van der Waals surface area contributed by atoms with Gasteiger partial charge in [0.2, 0.25) is 0 Å². The minimum atomic E-state index is -0.139. The Morgan fingerprint density at radius 3 is 2.85 bits per heavy atom. The first-order valence-electron chi connectivity index (χ1n) is 9.35.